The maximum absolute atomic E-state index is 12.2. The molecule has 1 aliphatic rings. The van der Waals surface area contributed by atoms with Crippen LogP contribution in [0.5, 0.6) is 0 Å². The smallest absolute Gasteiger partial charge is 0.227 e. The number of hydrogen-bond acceptors (Lipinski definition) is 2. The summed E-state index contributed by atoms with van der Waals surface area (Å²) in [6, 6.07) is 4.96. The average Bonchev–Trinajstić information content (AvgIpc) is 2.42. The fraction of sp³-hybridized carbons (Fsp3) is 0.429. The fourth-order valence-electron chi connectivity index (χ4n) is 2.28. The Morgan fingerprint density at radius 2 is 1.90 bits per heavy atom. The molecule has 0 aromatic heterocycles. The van der Waals surface area contributed by atoms with Crippen molar-refractivity contribution in [3.63, 3.8) is 0 Å². The van der Waals surface area contributed by atoms with Gasteiger partial charge in [-0.3, -0.25) is 9.59 Å². The Labute approximate surface area is 128 Å². The van der Waals surface area contributed by atoms with Gasteiger partial charge in [0.05, 0.1) is 10.7 Å². The van der Waals surface area contributed by atoms with E-state index in [-0.39, 0.29) is 17.7 Å². The van der Waals surface area contributed by atoms with Crippen LogP contribution in [0.1, 0.15) is 19.8 Å². The summed E-state index contributed by atoms with van der Waals surface area (Å²) >= 11 is 11.8. The molecule has 2 amide bonds. The van der Waals surface area contributed by atoms with Gasteiger partial charge in [0.15, 0.2) is 0 Å². The van der Waals surface area contributed by atoms with Crippen molar-refractivity contribution in [1.29, 1.82) is 0 Å². The number of likely N-dealkylation sites (tertiary alicyclic amines) is 1. The highest BCUT2D eigenvalue weighted by molar-refractivity contribution is 6.36. The second kappa shape index (κ2) is 6.46. The standard InChI is InChI=1S/C14H16Cl2N2O2/c1-9(19)18-6-4-10(5-7-18)14(20)17-13-3-2-11(15)8-12(13)16/h2-3,8,10H,4-7H2,1H3,(H,17,20). The Morgan fingerprint density at radius 3 is 2.45 bits per heavy atom. The molecular weight excluding hydrogens is 299 g/mol. The second-order valence-corrected chi connectivity index (χ2v) is 5.74. The molecule has 0 atom stereocenters. The van der Waals surface area contributed by atoms with E-state index in [1.807, 2.05) is 0 Å². The zero-order valence-corrected chi connectivity index (χ0v) is 12.7. The number of amides is 2. The van der Waals surface area contributed by atoms with E-state index in [1.165, 1.54) is 0 Å². The van der Waals surface area contributed by atoms with Crippen LogP contribution in [-0.2, 0) is 9.59 Å². The van der Waals surface area contributed by atoms with E-state index in [9.17, 15) is 9.59 Å². The summed E-state index contributed by atoms with van der Waals surface area (Å²) in [6.45, 7) is 2.80. The molecule has 0 saturated carbocycles. The molecule has 1 saturated heterocycles. The van der Waals surface area contributed by atoms with Gasteiger partial charge in [0, 0.05) is 31.0 Å². The van der Waals surface area contributed by atoms with Crippen LogP contribution in [0.3, 0.4) is 0 Å². The molecule has 1 aliphatic heterocycles. The molecular formula is C14H16Cl2N2O2. The van der Waals surface area contributed by atoms with Crippen molar-refractivity contribution in [1.82, 2.24) is 4.90 Å². The first kappa shape index (κ1) is 15.1. The van der Waals surface area contributed by atoms with Crippen LogP contribution in [0.4, 0.5) is 5.69 Å². The van der Waals surface area contributed by atoms with Crippen LogP contribution in [0, 0.1) is 5.92 Å². The largest absolute Gasteiger partial charge is 0.343 e. The first-order valence-electron chi connectivity index (χ1n) is 6.49. The van der Waals surface area contributed by atoms with Crippen LogP contribution in [0.2, 0.25) is 10.0 Å². The summed E-state index contributed by atoms with van der Waals surface area (Å²) in [4.78, 5) is 25.2. The van der Waals surface area contributed by atoms with E-state index < -0.39 is 0 Å². The lowest BCUT2D eigenvalue weighted by molar-refractivity contribution is -0.132. The SMILES string of the molecule is CC(=O)N1CCC(C(=O)Nc2ccc(Cl)cc2Cl)CC1. The van der Waals surface area contributed by atoms with Crippen molar-refractivity contribution in [2.75, 3.05) is 18.4 Å². The van der Waals surface area contributed by atoms with Gasteiger partial charge < -0.3 is 10.2 Å². The van der Waals surface area contributed by atoms with Gasteiger partial charge in [-0.2, -0.15) is 0 Å². The third-order valence-corrected chi connectivity index (χ3v) is 4.05. The van der Waals surface area contributed by atoms with E-state index in [0.29, 0.717) is 41.7 Å². The number of rotatable bonds is 2. The van der Waals surface area contributed by atoms with Crippen LogP contribution in [-0.4, -0.2) is 29.8 Å². The van der Waals surface area contributed by atoms with E-state index in [2.05, 4.69) is 5.32 Å². The summed E-state index contributed by atoms with van der Waals surface area (Å²) in [5.41, 5.74) is 0.565. The molecule has 0 radical (unpaired) electrons. The lowest BCUT2D eigenvalue weighted by atomic mass is 9.96. The number of carbonyl (C=O) groups is 2. The average molecular weight is 315 g/mol. The highest BCUT2D eigenvalue weighted by Crippen LogP contribution is 2.27. The van der Waals surface area contributed by atoms with Crippen molar-refractivity contribution in [2.45, 2.75) is 19.8 Å². The van der Waals surface area contributed by atoms with Gasteiger partial charge in [-0.05, 0) is 31.0 Å². The summed E-state index contributed by atoms with van der Waals surface area (Å²) < 4.78 is 0. The predicted octanol–water partition coefficient (Wildman–Crippen LogP) is 3.19. The van der Waals surface area contributed by atoms with E-state index >= 15 is 0 Å². The van der Waals surface area contributed by atoms with Gasteiger partial charge in [0.2, 0.25) is 11.8 Å². The zero-order chi connectivity index (χ0) is 14.7. The number of nitrogens with zero attached hydrogens (tertiary/aromatic N) is 1. The minimum absolute atomic E-state index is 0.0579. The molecule has 0 aliphatic carbocycles. The maximum atomic E-state index is 12.2. The Morgan fingerprint density at radius 1 is 1.25 bits per heavy atom. The van der Waals surface area contributed by atoms with E-state index in [0.717, 1.165) is 0 Å². The van der Waals surface area contributed by atoms with E-state index in [1.54, 1.807) is 30.0 Å². The molecule has 2 rings (SSSR count). The second-order valence-electron chi connectivity index (χ2n) is 4.89. The summed E-state index contributed by atoms with van der Waals surface area (Å²) in [5, 5.41) is 3.77. The molecule has 1 heterocycles. The normalized spacial score (nSPS) is 16.1. The molecule has 6 heteroatoms. The molecule has 0 unspecified atom stereocenters. The quantitative estimate of drug-likeness (QED) is 0.911. The molecule has 1 fully saturated rings. The van der Waals surface area contributed by atoms with Crippen LogP contribution in [0.25, 0.3) is 0 Å². The molecule has 108 valence electrons. The third-order valence-electron chi connectivity index (χ3n) is 3.50. The Kier molecular flexibility index (Phi) is 4.89. The first-order chi connectivity index (χ1) is 9.47. The predicted molar refractivity (Wildman–Crippen MR) is 80.1 cm³/mol. The minimum Gasteiger partial charge on any atom is -0.343 e. The Bertz CT molecular complexity index is 526. The monoisotopic (exact) mass is 314 g/mol. The third kappa shape index (κ3) is 3.64. The fourth-order valence-corrected chi connectivity index (χ4v) is 2.74. The van der Waals surface area contributed by atoms with Crippen molar-refractivity contribution < 1.29 is 9.59 Å². The van der Waals surface area contributed by atoms with Crippen LogP contribution >= 0.6 is 23.2 Å². The highest BCUT2D eigenvalue weighted by atomic mass is 35.5. The minimum atomic E-state index is -0.0858. The summed E-state index contributed by atoms with van der Waals surface area (Å²) in [5.74, 6) is -0.0839. The lowest BCUT2D eigenvalue weighted by Crippen LogP contribution is -2.40. The van der Waals surface area contributed by atoms with Gasteiger partial charge in [-0.15, -0.1) is 0 Å². The molecule has 1 aromatic rings. The maximum Gasteiger partial charge on any atom is 0.227 e. The van der Waals surface area contributed by atoms with Crippen molar-refractivity contribution in [3.8, 4) is 0 Å². The topological polar surface area (TPSA) is 49.4 Å². The number of halogens is 2. The zero-order valence-electron chi connectivity index (χ0n) is 11.2. The van der Waals surface area contributed by atoms with Crippen molar-refractivity contribution >= 4 is 40.7 Å². The lowest BCUT2D eigenvalue weighted by Gasteiger charge is -2.30. The number of carbonyl (C=O) groups excluding carboxylic acids is 2. The van der Waals surface area contributed by atoms with Gasteiger partial charge in [0.1, 0.15) is 0 Å². The summed E-state index contributed by atoms with van der Waals surface area (Å²) in [7, 11) is 0. The van der Waals surface area contributed by atoms with Crippen molar-refractivity contribution in [2.24, 2.45) is 5.92 Å². The number of anilines is 1. The summed E-state index contributed by atoms with van der Waals surface area (Å²) in [6.07, 6.45) is 1.35. The van der Waals surface area contributed by atoms with Gasteiger partial charge in [0.25, 0.3) is 0 Å². The van der Waals surface area contributed by atoms with Gasteiger partial charge in [-0.1, -0.05) is 23.2 Å². The van der Waals surface area contributed by atoms with Gasteiger partial charge in [-0.25, -0.2) is 0 Å². The number of piperidine rings is 1. The molecule has 20 heavy (non-hydrogen) atoms. The Hall–Kier alpha value is -1.26. The van der Waals surface area contributed by atoms with Crippen molar-refractivity contribution in [3.05, 3.63) is 28.2 Å². The highest BCUT2D eigenvalue weighted by Gasteiger charge is 2.26. The Balaban J connectivity index is 1.94. The molecule has 4 nitrogen and oxygen atoms in total. The molecule has 1 N–H and O–H groups in total. The first-order valence-corrected chi connectivity index (χ1v) is 7.24. The van der Waals surface area contributed by atoms with Crippen LogP contribution in [0.15, 0.2) is 18.2 Å². The van der Waals surface area contributed by atoms with E-state index in [4.69, 9.17) is 23.2 Å². The number of hydrogen-bond donors (Lipinski definition) is 1. The molecule has 0 bridgehead atoms. The van der Waals surface area contributed by atoms with Gasteiger partial charge >= 0.3 is 0 Å². The number of benzene rings is 1. The molecule has 0 spiro atoms. The molecule has 1 aromatic carbocycles. The number of nitrogens with one attached hydrogen (secondary N) is 1. The van der Waals surface area contributed by atoms with Crippen LogP contribution < -0.4 is 5.32 Å².